The van der Waals surface area contributed by atoms with E-state index in [-0.39, 0.29) is 30.4 Å². The summed E-state index contributed by atoms with van der Waals surface area (Å²) >= 11 is 0. The average molecular weight is 435 g/mol. The summed E-state index contributed by atoms with van der Waals surface area (Å²) in [5, 5.41) is 0. The molecule has 6 nitrogen and oxygen atoms in total. The van der Waals surface area contributed by atoms with Crippen LogP contribution in [-0.4, -0.2) is 37.0 Å². The maximum absolute atomic E-state index is 12.2. The Bertz CT molecular complexity index is 667. The molecular weight excluding hydrogens is 396 g/mol. The molecule has 1 aromatic carbocycles. The lowest BCUT2D eigenvalue weighted by Crippen LogP contribution is -2.19. The quantitative estimate of drug-likeness (QED) is 0.267. The number of Topliss-reactive ketones (excluding diaryl/α,β-unsaturated/α-hetero) is 1. The van der Waals surface area contributed by atoms with Gasteiger partial charge < -0.3 is 14.2 Å². The van der Waals surface area contributed by atoms with Crippen LogP contribution in [0, 0.1) is 5.92 Å². The Morgan fingerprint density at radius 1 is 0.903 bits per heavy atom. The molecule has 0 aromatic heterocycles. The van der Waals surface area contributed by atoms with Crippen molar-refractivity contribution < 1.29 is 28.6 Å². The fourth-order valence-electron chi connectivity index (χ4n) is 3.51. The third-order valence-corrected chi connectivity index (χ3v) is 5.18. The van der Waals surface area contributed by atoms with Crippen LogP contribution in [0.15, 0.2) is 24.3 Å². The summed E-state index contributed by atoms with van der Waals surface area (Å²) in [4.78, 5) is 34.9. The molecular formula is C25H38O6. The second-order valence-electron chi connectivity index (χ2n) is 7.91. The highest BCUT2D eigenvalue weighted by Crippen LogP contribution is 2.21. The molecule has 0 spiro atoms. The molecule has 0 saturated carbocycles. The van der Waals surface area contributed by atoms with E-state index in [1.807, 2.05) is 12.1 Å². The van der Waals surface area contributed by atoms with Gasteiger partial charge in [-0.05, 0) is 70.1 Å². The fraction of sp³-hybridized carbons (Fsp3) is 0.640. The highest BCUT2D eigenvalue weighted by Gasteiger charge is 2.18. The van der Waals surface area contributed by atoms with Gasteiger partial charge >= 0.3 is 11.9 Å². The lowest BCUT2D eigenvalue weighted by Gasteiger charge is -2.19. The number of carbonyl (C=O) groups excluding carboxylic acids is 3. The fourth-order valence-corrected chi connectivity index (χ4v) is 3.51. The van der Waals surface area contributed by atoms with Gasteiger partial charge in [0.1, 0.15) is 17.6 Å². The second kappa shape index (κ2) is 15.4. The molecule has 1 aromatic rings. The summed E-state index contributed by atoms with van der Waals surface area (Å²) in [5.74, 6) is 0.0462. The first-order valence-electron chi connectivity index (χ1n) is 11.4. The molecule has 0 N–H and O–H groups in total. The second-order valence-corrected chi connectivity index (χ2v) is 7.91. The number of esters is 2. The molecule has 0 fully saturated rings. The molecule has 0 aliphatic carbocycles. The van der Waals surface area contributed by atoms with Crippen LogP contribution in [0.1, 0.15) is 78.2 Å². The van der Waals surface area contributed by atoms with Gasteiger partial charge in [-0.25, -0.2) is 4.79 Å². The minimum atomic E-state index is -0.398. The van der Waals surface area contributed by atoms with Crippen LogP contribution in [0.25, 0.3) is 0 Å². The zero-order valence-corrected chi connectivity index (χ0v) is 19.5. The van der Waals surface area contributed by atoms with E-state index in [4.69, 9.17) is 14.2 Å². The van der Waals surface area contributed by atoms with Gasteiger partial charge in [0.15, 0.2) is 6.61 Å². The summed E-state index contributed by atoms with van der Waals surface area (Å²) in [7, 11) is 0. The van der Waals surface area contributed by atoms with E-state index in [0.29, 0.717) is 18.8 Å². The van der Waals surface area contributed by atoms with Crippen LogP contribution in [0.3, 0.4) is 0 Å². The third-order valence-electron chi connectivity index (χ3n) is 5.18. The van der Waals surface area contributed by atoms with Gasteiger partial charge in [-0.3, -0.25) is 9.59 Å². The first-order valence-corrected chi connectivity index (χ1v) is 11.4. The topological polar surface area (TPSA) is 78.9 Å². The van der Waals surface area contributed by atoms with Crippen molar-refractivity contribution in [3.8, 4) is 5.75 Å². The molecule has 0 radical (unpaired) electrons. The summed E-state index contributed by atoms with van der Waals surface area (Å²) in [5.41, 5.74) is 1.04. The SMILES string of the molecule is CCCCCC(CCCC(Cc1ccc(OCC(=O)OCC)cc1)C(C)=O)OC(C)=O. The lowest BCUT2D eigenvalue weighted by atomic mass is 9.90. The van der Waals surface area contributed by atoms with Crippen LogP contribution in [0.4, 0.5) is 0 Å². The Morgan fingerprint density at radius 3 is 2.16 bits per heavy atom. The normalized spacial score (nSPS) is 12.6. The Kier molecular flexibility index (Phi) is 13.3. The predicted octanol–water partition coefficient (Wildman–Crippen LogP) is 5.06. The number of rotatable bonds is 16. The predicted molar refractivity (Wildman–Crippen MR) is 120 cm³/mol. The number of ether oxygens (including phenoxy) is 3. The zero-order valence-electron chi connectivity index (χ0n) is 19.5. The van der Waals surface area contributed by atoms with E-state index in [2.05, 4.69) is 6.92 Å². The van der Waals surface area contributed by atoms with E-state index in [1.54, 1.807) is 26.0 Å². The summed E-state index contributed by atoms with van der Waals surface area (Å²) in [6.45, 7) is 7.19. The zero-order chi connectivity index (χ0) is 23.1. The third kappa shape index (κ3) is 12.2. The van der Waals surface area contributed by atoms with Crippen molar-refractivity contribution >= 4 is 17.7 Å². The number of hydrogen-bond acceptors (Lipinski definition) is 6. The van der Waals surface area contributed by atoms with Gasteiger partial charge in [0.05, 0.1) is 6.61 Å². The molecule has 0 saturated heterocycles. The molecule has 2 atom stereocenters. The number of benzene rings is 1. The Morgan fingerprint density at radius 2 is 1.58 bits per heavy atom. The van der Waals surface area contributed by atoms with Crippen molar-refractivity contribution in [1.82, 2.24) is 0 Å². The molecule has 174 valence electrons. The molecule has 0 bridgehead atoms. The van der Waals surface area contributed by atoms with Crippen LogP contribution in [-0.2, 0) is 30.3 Å². The van der Waals surface area contributed by atoms with E-state index in [1.165, 1.54) is 6.92 Å². The number of unbranched alkanes of at least 4 members (excludes halogenated alkanes) is 2. The van der Waals surface area contributed by atoms with E-state index >= 15 is 0 Å². The van der Waals surface area contributed by atoms with Crippen molar-refractivity contribution in [1.29, 1.82) is 0 Å². The van der Waals surface area contributed by atoms with Crippen molar-refractivity contribution in [2.75, 3.05) is 13.2 Å². The smallest absolute Gasteiger partial charge is 0.344 e. The molecule has 0 heterocycles. The first kappa shape index (κ1) is 26.7. The van der Waals surface area contributed by atoms with Crippen LogP contribution in [0.2, 0.25) is 0 Å². The molecule has 31 heavy (non-hydrogen) atoms. The van der Waals surface area contributed by atoms with Gasteiger partial charge in [-0.2, -0.15) is 0 Å². The van der Waals surface area contributed by atoms with Crippen LogP contribution < -0.4 is 4.74 Å². The Labute approximate surface area is 186 Å². The Hall–Kier alpha value is -2.37. The molecule has 1 rings (SSSR count). The highest BCUT2D eigenvalue weighted by molar-refractivity contribution is 5.78. The minimum Gasteiger partial charge on any atom is -0.482 e. The van der Waals surface area contributed by atoms with Crippen molar-refractivity contribution in [3.63, 3.8) is 0 Å². The maximum Gasteiger partial charge on any atom is 0.344 e. The van der Waals surface area contributed by atoms with E-state index in [0.717, 1.165) is 50.5 Å². The van der Waals surface area contributed by atoms with Crippen molar-refractivity contribution in [2.24, 2.45) is 5.92 Å². The standard InChI is InChI=1S/C25H38O6/c1-5-7-8-11-24(31-20(4)27)12-9-10-22(19(3)26)17-21-13-15-23(16-14-21)30-18-25(28)29-6-2/h13-16,22,24H,5-12,17-18H2,1-4H3. The molecule has 2 unspecified atom stereocenters. The molecule has 0 amide bonds. The van der Waals surface area contributed by atoms with Gasteiger partial charge in [0.2, 0.25) is 0 Å². The Balaban J connectivity index is 2.53. The van der Waals surface area contributed by atoms with Crippen molar-refractivity contribution in [2.45, 2.75) is 85.2 Å². The summed E-state index contributed by atoms with van der Waals surface area (Å²) in [6, 6.07) is 7.44. The first-order chi connectivity index (χ1) is 14.8. The molecule has 0 aliphatic heterocycles. The molecule has 6 heteroatoms. The van der Waals surface area contributed by atoms with Crippen molar-refractivity contribution in [3.05, 3.63) is 29.8 Å². The van der Waals surface area contributed by atoms with Crippen LogP contribution in [0.5, 0.6) is 5.75 Å². The van der Waals surface area contributed by atoms with E-state index in [9.17, 15) is 14.4 Å². The summed E-state index contributed by atoms with van der Waals surface area (Å²) < 4.78 is 15.7. The van der Waals surface area contributed by atoms with Gasteiger partial charge in [0, 0.05) is 12.8 Å². The monoisotopic (exact) mass is 434 g/mol. The highest BCUT2D eigenvalue weighted by atomic mass is 16.6. The van der Waals surface area contributed by atoms with Crippen LogP contribution >= 0.6 is 0 Å². The number of hydrogen-bond donors (Lipinski definition) is 0. The van der Waals surface area contributed by atoms with Gasteiger partial charge in [-0.1, -0.05) is 31.9 Å². The number of ketones is 1. The summed E-state index contributed by atoms with van der Waals surface area (Å²) in [6.07, 6.45) is 7.18. The largest absolute Gasteiger partial charge is 0.482 e. The van der Waals surface area contributed by atoms with E-state index < -0.39 is 5.97 Å². The minimum absolute atomic E-state index is 0.0625. The maximum atomic E-state index is 12.2. The number of carbonyl (C=O) groups is 3. The van der Waals surface area contributed by atoms with Gasteiger partial charge in [0.25, 0.3) is 0 Å². The lowest BCUT2D eigenvalue weighted by molar-refractivity contribution is -0.147. The molecule has 0 aliphatic rings. The average Bonchev–Trinajstić information content (AvgIpc) is 2.72. The van der Waals surface area contributed by atoms with Gasteiger partial charge in [-0.15, -0.1) is 0 Å².